The predicted molar refractivity (Wildman–Crippen MR) is 148 cm³/mol. The molecule has 4 atom stereocenters. The lowest BCUT2D eigenvalue weighted by atomic mass is 9.92. The number of nitrogens with one attached hydrogen (secondary N) is 1. The molecule has 1 amide bonds. The van der Waals surface area contributed by atoms with Crippen LogP contribution in [0, 0.1) is 0 Å². The summed E-state index contributed by atoms with van der Waals surface area (Å²) in [5.41, 5.74) is 0. The molecule has 4 unspecified atom stereocenters. The third-order valence-electron chi connectivity index (χ3n) is 7.86. The molecule has 2 saturated heterocycles. The molecule has 7 nitrogen and oxygen atoms in total. The fourth-order valence-corrected chi connectivity index (χ4v) is 5.55. The highest BCUT2D eigenvalue weighted by Crippen LogP contribution is 2.27. The van der Waals surface area contributed by atoms with Crippen molar-refractivity contribution >= 4 is 6.09 Å². The Hall–Kier alpha value is -0.890. The Bertz CT molecular complexity index is 540. The second-order valence-electron chi connectivity index (χ2n) is 11.2. The van der Waals surface area contributed by atoms with Crippen LogP contribution in [0.15, 0.2) is 0 Å². The number of rotatable bonds is 20. The third-order valence-corrected chi connectivity index (χ3v) is 7.86. The summed E-state index contributed by atoms with van der Waals surface area (Å²) in [6.07, 6.45) is 19.6. The zero-order valence-corrected chi connectivity index (χ0v) is 23.7. The number of aliphatic hydroxyl groups excluding tert-OH is 2. The molecule has 0 aromatic carbocycles. The first-order chi connectivity index (χ1) is 18.1. The Labute approximate surface area is 226 Å². The van der Waals surface area contributed by atoms with E-state index in [1.54, 1.807) is 0 Å². The van der Waals surface area contributed by atoms with Crippen molar-refractivity contribution in [2.75, 3.05) is 19.8 Å². The minimum atomic E-state index is -0.823. The maximum absolute atomic E-state index is 12.5. The highest BCUT2D eigenvalue weighted by atomic mass is 16.6. The van der Waals surface area contributed by atoms with Crippen LogP contribution in [-0.4, -0.2) is 66.6 Å². The zero-order chi connectivity index (χ0) is 26.6. The van der Waals surface area contributed by atoms with Crippen LogP contribution < -0.4 is 5.32 Å². The van der Waals surface area contributed by atoms with Gasteiger partial charge in [-0.1, -0.05) is 103 Å². The Kier molecular flexibility index (Phi) is 18.3. The summed E-state index contributed by atoms with van der Waals surface area (Å²) in [5, 5.41) is 23.7. The molecule has 0 saturated carbocycles. The van der Waals surface area contributed by atoms with E-state index in [1.165, 1.54) is 89.9 Å². The van der Waals surface area contributed by atoms with Crippen molar-refractivity contribution in [2.24, 2.45) is 0 Å². The van der Waals surface area contributed by atoms with E-state index in [2.05, 4.69) is 12.2 Å². The van der Waals surface area contributed by atoms with Gasteiger partial charge in [-0.2, -0.15) is 0 Å². The highest BCUT2D eigenvalue weighted by molar-refractivity contribution is 5.67. The monoisotopic (exact) mass is 527 g/mol. The maximum atomic E-state index is 12.5. The van der Waals surface area contributed by atoms with Crippen molar-refractivity contribution < 1.29 is 29.2 Å². The molecular weight excluding hydrogens is 470 g/mol. The van der Waals surface area contributed by atoms with Gasteiger partial charge in [0, 0.05) is 19.8 Å². The van der Waals surface area contributed by atoms with Gasteiger partial charge in [-0.05, 0) is 32.1 Å². The fraction of sp³-hybridized carbons (Fsp3) is 0.967. The molecule has 2 aliphatic heterocycles. The number of carbonyl (C=O) groups is 1. The van der Waals surface area contributed by atoms with Gasteiger partial charge in [0.2, 0.25) is 0 Å². The number of carbonyl (C=O) groups excluding carboxylic acids is 1. The summed E-state index contributed by atoms with van der Waals surface area (Å²) in [4.78, 5) is 12.5. The Morgan fingerprint density at radius 1 is 0.730 bits per heavy atom. The van der Waals surface area contributed by atoms with E-state index in [0.29, 0.717) is 32.6 Å². The van der Waals surface area contributed by atoms with Crippen LogP contribution in [0.5, 0.6) is 0 Å². The van der Waals surface area contributed by atoms with Crippen LogP contribution >= 0.6 is 0 Å². The molecule has 2 aliphatic rings. The van der Waals surface area contributed by atoms with Crippen LogP contribution in [0.3, 0.4) is 0 Å². The second kappa shape index (κ2) is 21.0. The number of hydrogen-bond donors (Lipinski definition) is 3. The number of hydrogen-bond acceptors (Lipinski definition) is 6. The Morgan fingerprint density at radius 3 is 1.54 bits per heavy atom. The normalized spacial score (nSPS) is 25.1. The molecule has 37 heavy (non-hydrogen) atoms. The van der Waals surface area contributed by atoms with Gasteiger partial charge in [0.05, 0.1) is 12.2 Å². The number of aliphatic hydroxyl groups is 2. The molecule has 0 aromatic rings. The molecule has 2 fully saturated rings. The smallest absolute Gasteiger partial charge is 0.407 e. The maximum Gasteiger partial charge on any atom is 0.407 e. The van der Waals surface area contributed by atoms with E-state index in [4.69, 9.17) is 14.2 Å². The summed E-state index contributed by atoms with van der Waals surface area (Å²) in [6.45, 7) is 3.85. The first-order valence-electron chi connectivity index (χ1n) is 15.7. The first kappa shape index (κ1) is 32.3. The van der Waals surface area contributed by atoms with Crippen molar-refractivity contribution in [3.05, 3.63) is 0 Å². The van der Waals surface area contributed by atoms with E-state index in [-0.39, 0.29) is 0 Å². The van der Waals surface area contributed by atoms with Crippen LogP contribution in [0.2, 0.25) is 0 Å². The zero-order valence-electron chi connectivity index (χ0n) is 23.7. The van der Waals surface area contributed by atoms with Gasteiger partial charge >= 0.3 is 6.09 Å². The molecule has 218 valence electrons. The molecule has 0 aliphatic carbocycles. The summed E-state index contributed by atoms with van der Waals surface area (Å²) < 4.78 is 17.2. The summed E-state index contributed by atoms with van der Waals surface area (Å²) in [7, 11) is 0. The molecule has 0 aromatic heterocycles. The molecule has 3 N–H and O–H groups in total. The topological polar surface area (TPSA) is 97.3 Å². The number of alkyl carbamates (subject to hydrolysis) is 1. The minimum absolute atomic E-state index is 0.505. The Morgan fingerprint density at radius 2 is 1.14 bits per heavy atom. The average molecular weight is 528 g/mol. The second-order valence-corrected chi connectivity index (χ2v) is 11.2. The molecule has 2 heterocycles. The van der Waals surface area contributed by atoms with Crippen LogP contribution in [0.1, 0.15) is 135 Å². The van der Waals surface area contributed by atoms with Gasteiger partial charge in [0.1, 0.15) is 12.2 Å². The molecule has 0 spiro atoms. The Balaban J connectivity index is 1.48. The van der Waals surface area contributed by atoms with Crippen molar-refractivity contribution in [1.82, 2.24) is 5.32 Å². The van der Waals surface area contributed by atoms with Crippen LogP contribution in [0.25, 0.3) is 0 Å². The van der Waals surface area contributed by atoms with E-state index in [0.717, 1.165) is 25.7 Å². The van der Waals surface area contributed by atoms with Gasteiger partial charge in [-0.25, -0.2) is 4.79 Å². The van der Waals surface area contributed by atoms with Crippen LogP contribution in [-0.2, 0) is 14.2 Å². The van der Waals surface area contributed by atoms with E-state index in [1.807, 2.05) is 0 Å². The highest BCUT2D eigenvalue weighted by Gasteiger charge is 2.44. The number of amides is 1. The van der Waals surface area contributed by atoms with Crippen molar-refractivity contribution in [2.45, 2.75) is 166 Å². The van der Waals surface area contributed by atoms with Crippen molar-refractivity contribution in [3.63, 3.8) is 0 Å². The molecular formula is C30H57NO6. The predicted octanol–water partition coefficient (Wildman–Crippen LogP) is 6.42. The number of unbranched alkanes of at least 4 members (excludes halogenated alkanes) is 15. The van der Waals surface area contributed by atoms with Gasteiger partial charge in [-0.15, -0.1) is 0 Å². The van der Waals surface area contributed by atoms with Crippen molar-refractivity contribution in [3.8, 4) is 0 Å². The summed E-state index contributed by atoms with van der Waals surface area (Å²) in [5.74, 6) is 0. The molecule has 0 bridgehead atoms. The average Bonchev–Trinajstić information content (AvgIpc) is 2.90. The van der Waals surface area contributed by atoms with Crippen molar-refractivity contribution in [1.29, 1.82) is 0 Å². The number of ether oxygens (including phenoxy) is 3. The lowest BCUT2D eigenvalue weighted by Gasteiger charge is -2.40. The third kappa shape index (κ3) is 14.2. The van der Waals surface area contributed by atoms with E-state index >= 15 is 0 Å². The summed E-state index contributed by atoms with van der Waals surface area (Å²) >= 11 is 0. The molecule has 7 heteroatoms. The standard InChI is InChI=1S/C30H57NO6/c1-2-3-4-5-6-7-8-9-10-11-12-13-14-15-16-17-22-31-30(34)37-29(27-25(32)20-18-23-35-27)28-26(33)21-19-24-36-28/h25-29,32-33H,2-24H2,1H3,(H,31,34). The van der Waals surface area contributed by atoms with Gasteiger partial charge in [0.15, 0.2) is 6.10 Å². The van der Waals surface area contributed by atoms with Gasteiger partial charge in [0.25, 0.3) is 0 Å². The van der Waals surface area contributed by atoms with E-state index < -0.39 is 36.6 Å². The van der Waals surface area contributed by atoms with Crippen LogP contribution in [0.4, 0.5) is 4.79 Å². The fourth-order valence-electron chi connectivity index (χ4n) is 5.55. The molecule has 0 radical (unpaired) electrons. The lowest BCUT2D eigenvalue weighted by molar-refractivity contribution is -0.194. The first-order valence-corrected chi connectivity index (χ1v) is 15.7. The minimum Gasteiger partial charge on any atom is -0.440 e. The molecule has 2 rings (SSSR count). The van der Waals surface area contributed by atoms with E-state index in [9.17, 15) is 15.0 Å². The lowest BCUT2D eigenvalue weighted by Crippen LogP contribution is -2.56. The quantitative estimate of drug-likeness (QED) is 0.158. The SMILES string of the molecule is CCCCCCCCCCCCCCCCCCNC(=O)OC(C1OCCCC1O)C1OCCCC1O. The largest absolute Gasteiger partial charge is 0.440 e. The van der Waals surface area contributed by atoms with Gasteiger partial charge < -0.3 is 29.7 Å². The van der Waals surface area contributed by atoms with Gasteiger partial charge in [-0.3, -0.25) is 0 Å². The summed E-state index contributed by atoms with van der Waals surface area (Å²) in [6, 6.07) is 0.